The highest BCUT2D eigenvalue weighted by Crippen LogP contribution is 2.23. The number of nitrogens with zero attached hydrogens (tertiary/aromatic N) is 1. The molecular formula is C13H10Br2FNO. The fraction of sp³-hybridized carbons (Fsp3) is 0.154. The van der Waals surface area contributed by atoms with Crippen LogP contribution in [0, 0.1) is 5.82 Å². The highest BCUT2D eigenvalue weighted by Gasteiger charge is 2.11. The number of aliphatic hydroxyl groups excluding tert-OH is 1. The fourth-order valence-corrected chi connectivity index (χ4v) is 2.19. The number of hydrogen-bond donors (Lipinski definition) is 1. The van der Waals surface area contributed by atoms with E-state index < -0.39 is 6.10 Å². The van der Waals surface area contributed by atoms with Gasteiger partial charge in [0.05, 0.1) is 10.6 Å². The van der Waals surface area contributed by atoms with E-state index in [0.29, 0.717) is 16.5 Å². The maximum Gasteiger partial charge on any atom is 0.137 e. The molecule has 1 heterocycles. The molecule has 94 valence electrons. The van der Waals surface area contributed by atoms with Crippen molar-refractivity contribution in [2.24, 2.45) is 0 Å². The summed E-state index contributed by atoms with van der Waals surface area (Å²) in [5, 5.41) is 10.1. The van der Waals surface area contributed by atoms with Crippen LogP contribution in [0.1, 0.15) is 17.4 Å². The lowest BCUT2D eigenvalue weighted by atomic mass is 10.0. The van der Waals surface area contributed by atoms with Crippen molar-refractivity contribution < 1.29 is 9.50 Å². The lowest BCUT2D eigenvalue weighted by Gasteiger charge is -2.11. The maximum atomic E-state index is 13.1. The summed E-state index contributed by atoms with van der Waals surface area (Å²) in [5.74, 6) is -0.340. The van der Waals surface area contributed by atoms with Crippen LogP contribution >= 0.6 is 31.9 Å². The van der Waals surface area contributed by atoms with E-state index in [2.05, 4.69) is 36.8 Å². The molecule has 1 unspecified atom stereocenters. The van der Waals surface area contributed by atoms with Gasteiger partial charge in [0, 0.05) is 22.8 Å². The van der Waals surface area contributed by atoms with Crippen molar-refractivity contribution >= 4 is 31.9 Å². The Morgan fingerprint density at radius 3 is 2.61 bits per heavy atom. The molecule has 2 rings (SSSR count). The number of pyridine rings is 1. The SMILES string of the molecule is OC(Cc1ccc(Br)cn1)c1ccc(F)c(Br)c1. The Labute approximate surface area is 121 Å². The second-order valence-electron chi connectivity index (χ2n) is 3.86. The van der Waals surface area contributed by atoms with Gasteiger partial charge in [0.1, 0.15) is 5.82 Å². The summed E-state index contributed by atoms with van der Waals surface area (Å²) in [6, 6.07) is 8.20. The van der Waals surface area contributed by atoms with Crippen LogP contribution in [0.5, 0.6) is 0 Å². The van der Waals surface area contributed by atoms with Gasteiger partial charge in [-0.05, 0) is 61.7 Å². The topological polar surface area (TPSA) is 33.1 Å². The van der Waals surface area contributed by atoms with Crippen LogP contribution in [-0.4, -0.2) is 10.1 Å². The molecule has 0 aliphatic carbocycles. The number of aliphatic hydroxyl groups is 1. The second-order valence-corrected chi connectivity index (χ2v) is 5.63. The molecular weight excluding hydrogens is 365 g/mol. The number of hydrogen-bond acceptors (Lipinski definition) is 2. The lowest BCUT2D eigenvalue weighted by Crippen LogP contribution is -2.03. The monoisotopic (exact) mass is 373 g/mol. The van der Waals surface area contributed by atoms with Crippen molar-refractivity contribution in [2.75, 3.05) is 0 Å². The Morgan fingerprint density at radius 2 is 2.00 bits per heavy atom. The predicted molar refractivity (Wildman–Crippen MR) is 74.7 cm³/mol. The molecule has 5 heteroatoms. The zero-order valence-corrected chi connectivity index (χ0v) is 12.4. The van der Waals surface area contributed by atoms with Crippen molar-refractivity contribution in [3.05, 3.63) is 62.5 Å². The highest BCUT2D eigenvalue weighted by atomic mass is 79.9. The largest absolute Gasteiger partial charge is 0.388 e. The van der Waals surface area contributed by atoms with Gasteiger partial charge in [0.15, 0.2) is 0 Å². The fourth-order valence-electron chi connectivity index (χ4n) is 1.56. The van der Waals surface area contributed by atoms with E-state index in [-0.39, 0.29) is 5.82 Å². The molecule has 0 saturated carbocycles. The molecule has 0 fully saturated rings. The lowest BCUT2D eigenvalue weighted by molar-refractivity contribution is 0.177. The third-order valence-corrected chi connectivity index (χ3v) is 3.60. The van der Waals surface area contributed by atoms with Gasteiger partial charge >= 0.3 is 0 Å². The van der Waals surface area contributed by atoms with Gasteiger partial charge < -0.3 is 5.11 Å². The molecule has 1 atom stereocenters. The van der Waals surface area contributed by atoms with E-state index in [1.165, 1.54) is 6.07 Å². The summed E-state index contributed by atoms with van der Waals surface area (Å²) in [4.78, 5) is 4.19. The van der Waals surface area contributed by atoms with E-state index in [4.69, 9.17) is 0 Å². The first-order chi connectivity index (χ1) is 8.56. The van der Waals surface area contributed by atoms with Crippen molar-refractivity contribution in [2.45, 2.75) is 12.5 Å². The molecule has 0 aliphatic heterocycles. The Hall–Kier alpha value is -0.780. The second kappa shape index (κ2) is 5.91. The van der Waals surface area contributed by atoms with Crippen molar-refractivity contribution in [1.29, 1.82) is 0 Å². The molecule has 1 aromatic carbocycles. The van der Waals surface area contributed by atoms with Gasteiger partial charge in [-0.1, -0.05) is 6.07 Å². The van der Waals surface area contributed by atoms with Crippen LogP contribution in [0.25, 0.3) is 0 Å². The summed E-state index contributed by atoms with van der Waals surface area (Å²) in [6.45, 7) is 0. The molecule has 0 spiro atoms. The molecule has 0 amide bonds. The van der Waals surface area contributed by atoms with Crippen molar-refractivity contribution in [3.63, 3.8) is 0 Å². The first-order valence-electron chi connectivity index (χ1n) is 5.29. The number of halogens is 3. The minimum Gasteiger partial charge on any atom is -0.388 e. The van der Waals surface area contributed by atoms with Gasteiger partial charge in [0.25, 0.3) is 0 Å². The first kappa shape index (κ1) is 13.6. The molecule has 1 N–H and O–H groups in total. The minimum absolute atomic E-state index is 0.340. The summed E-state index contributed by atoms with van der Waals surface area (Å²) in [7, 11) is 0. The van der Waals surface area contributed by atoms with Crippen molar-refractivity contribution in [3.8, 4) is 0 Å². The molecule has 0 radical (unpaired) electrons. The van der Waals surface area contributed by atoms with E-state index >= 15 is 0 Å². The van der Waals surface area contributed by atoms with E-state index in [9.17, 15) is 9.50 Å². The third kappa shape index (κ3) is 3.37. The molecule has 1 aromatic heterocycles. The van der Waals surface area contributed by atoms with Gasteiger partial charge in [-0.25, -0.2) is 4.39 Å². The molecule has 2 aromatic rings. The van der Waals surface area contributed by atoms with Crippen LogP contribution in [0.2, 0.25) is 0 Å². The molecule has 2 nitrogen and oxygen atoms in total. The van der Waals surface area contributed by atoms with Crippen molar-refractivity contribution in [1.82, 2.24) is 4.98 Å². The smallest absolute Gasteiger partial charge is 0.137 e. The summed E-state index contributed by atoms with van der Waals surface area (Å²) < 4.78 is 14.3. The zero-order chi connectivity index (χ0) is 13.1. The minimum atomic E-state index is -0.699. The highest BCUT2D eigenvalue weighted by molar-refractivity contribution is 9.10. The molecule has 0 aliphatic rings. The number of benzene rings is 1. The van der Waals surface area contributed by atoms with E-state index in [1.807, 2.05) is 12.1 Å². The normalized spacial score (nSPS) is 12.4. The van der Waals surface area contributed by atoms with E-state index in [1.54, 1.807) is 18.3 Å². The molecule has 0 saturated heterocycles. The Balaban J connectivity index is 2.13. The summed E-state index contributed by atoms with van der Waals surface area (Å²) in [5.41, 5.74) is 1.44. The van der Waals surface area contributed by atoms with Gasteiger partial charge in [-0.2, -0.15) is 0 Å². The average Bonchev–Trinajstić information content (AvgIpc) is 2.35. The van der Waals surface area contributed by atoms with Gasteiger partial charge in [0.2, 0.25) is 0 Å². The first-order valence-corrected chi connectivity index (χ1v) is 6.88. The van der Waals surface area contributed by atoms with Crippen LogP contribution in [0.3, 0.4) is 0 Å². The summed E-state index contributed by atoms with van der Waals surface area (Å²) in [6.07, 6.45) is 1.38. The zero-order valence-electron chi connectivity index (χ0n) is 9.28. The average molecular weight is 375 g/mol. The van der Waals surface area contributed by atoms with E-state index in [0.717, 1.165) is 10.2 Å². The third-order valence-electron chi connectivity index (χ3n) is 2.52. The van der Waals surface area contributed by atoms with Crippen LogP contribution in [-0.2, 0) is 6.42 Å². The predicted octanol–water partition coefficient (Wildman–Crippen LogP) is 4.02. The van der Waals surface area contributed by atoms with Gasteiger partial charge in [-0.15, -0.1) is 0 Å². The van der Waals surface area contributed by atoms with Crippen LogP contribution < -0.4 is 0 Å². The van der Waals surface area contributed by atoms with Gasteiger partial charge in [-0.3, -0.25) is 4.98 Å². The Morgan fingerprint density at radius 1 is 1.22 bits per heavy atom. The Bertz CT molecular complexity index is 545. The maximum absolute atomic E-state index is 13.1. The number of rotatable bonds is 3. The van der Waals surface area contributed by atoms with Crippen LogP contribution in [0.15, 0.2) is 45.5 Å². The standard InChI is InChI=1S/C13H10Br2FNO/c14-9-2-3-10(17-7-9)6-13(18)8-1-4-12(16)11(15)5-8/h1-5,7,13,18H,6H2. The molecule has 0 bridgehead atoms. The molecule has 18 heavy (non-hydrogen) atoms. The summed E-state index contributed by atoms with van der Waals surface area (Å²) >= 11 is 6.40. The Kier molecular flexibility index (Phi) is 4.48. The number of aromatic nitrogens is 1. The van der Waals surface area contributed by atoms with Crippen LogP contribution in [0.4, 0.5) is 4.39 Å². The quantitative estimate of drug-likeness (QED) is 0.880.